The Morgan fingerprint density at radius 2 is 1.72 bits per heavy atom. The summed E-state index contributed by atoms with van der Waals surface area (Å²) < 4.78 is 5.60. The number of rotatable bonds is 3. The maximum Gasteiger partial charge on any atom is 0.265 e. The van der Waals surface area contributed by atoms with E-state index in [1.54, 1.807) is 23.1 Å². The SMILES string of the molecule is O=C(c1ccc2c(c1)N(Cc1ccccc1)C(=O)CO2)N1CCc2ccccc21. The Kier molecular flexibility index (Phi) is 4.28. The molecule has 29 heavy (non-hydrogen) atoms. The van der Waals surface area contributed by atoms with E-state index in [0.29, 0.717) is 30.1 Å². The van der Waals surface area contributed by atoms with Crippen molar-refractivity contribution in [1.82, 2.24) is 0 Å². The van der Waals surface area contributed by atoms with E-state index in [4.69, 9.17) is 4.74 Å². The average molecular weight is 384 g/mol. The zero-order valence-corrected chi connectivity index (χ0v) is 15.9. The Balaban J connectivity index is 1.48. The van der Waals surface area contributed by atoms with Crippen LogP contribution in [0.25, 0.3) is 0 Å². The number of carbonyl (C=O) groups excluding carboxylic acids is 2. The molecule has 2 aliphatic heterocycles. The van der Waals surface area contributed by atoms with Crippen LogP contribution in [-0.2, 0) is 17.8 Å². The van der Waals surface area contributed by atoms with Gasteiger partial charge in [0.2, 0.25) is 0 Å². The summed E-state index contributed by atoms with van der Waals surface area (Å²) in [5.41, 5.74) is 4.37. The van der Waals surface area contributed by atoms with Crippen molar-refractivity contribution >= 4 is 23.2 Å². The normalized spacial score (nSPS) is 15.0. The first-order valence-corrected chi connectivity index (χ1v) is 9.71. The highest BCUT2D eigenvalue weighted by molar-refractivity contribution is 6.09. The van der Waals surface area contributed by atoms with Gasteiger partial charge in [-0.15, -0.1) is 0 Å². The van der Waals surface area contributed by atoms with E-state index in [2.05, 4.69) is 6.07 Å². The van der Waals surface area contributed by atoms with Crippen LogP contribution in [0.5, 0.6) is 5.75 Å². The van der Waals surface area contributed by atoms with Crippen LogP contribution < -0.4 is 14.5 Å². The van der Waals surface area contributed by atoms with Crippen molar-refractivity contribution in [3.05, 3.63) is 89.5 Å². The second-order valence-corrected chi connectivity index (χ2v) is 7.27. The summed E-state index contributed by atoms with van der Waals surface area (Å²) in [5.74, 6) is 0.451. The van der Waals surface area contributed by atoms with Gasteiger partial charge in [-0.1, -0.05) is 48.5 Å². The molecule has 2 amide bonds. The van der Waals surface area contributed by atoms with Gasteiger partial charge >= 0.3 is 0 Å². The molecule has 0 atom stereocenters. The lowest BCUT2D eigenvalue weighted by atomic mass is 10.1. The Bertz CT molecular complexity index is 1090. The largest absolute Gasteiger partial charge is 0.482 e. The molecular formula is C24H20N2O3. The molecule has 3 aromatic rings. The predicted molar refractivity (Wildman–Crippen MR) is 111 cm³/mol. The van der Waals surface area contributed by atoms with E-state index >= 15 is 0 Å². The summed E-state index contributed by atoms with van der Waals surface area (Å²) in [7, 11) is 0. The van der Waals surface area contributed by atoms with Gasteiger partial charge in [0.1, 0.15) is 5.75 Å². The minimum absolute atomic E-state index is 0.00657. The number of hydrogen-bond donors (Lipinski definition) is 0. The van der Waals surface area contributed by atoms with Gasteiger partial charge in [0, 0.05) is 17.8 Å². The third-order valence-corrected chi connectivity index (χ3v) is 5.46. The van der Waals surface area contributed by atoms with Gasteiger partial charge in [-0.3, -0.25) is 9.59 Å². The second-order valence-electron chi connectivity index (χ2n) is 7.27. The molecular weight excluding hydrogens is 364 g/mol. The van der Waals surface area contributed by atoms with Crippen LogP contribution in [0, 0.1) is 0 Å². The predicted octanol–water partition coefficient (Wildman–Crippen LogP) is 3.82. The zero-order chi connectivity index (χ0) is 19.8. The zero-order valence-electron chi connectivity index (χ0n) is 15.9. The van der Waals surface area contributed by atoms with E-state index in [9.17, 15) is 9.59 Å². The fourth-order valence-corrected chi connectivity index (χ4v) is 3.98. The van der Waals surface area contributed by atoms with Crippen molar-refractivity contribution in [2.45, 2.75) is 13.0 Å². The first-order chi connectivity index (χ1) is 14.2. The van der Waals surface area contributed by atoms with Crippen LogP contribution in [0.15, 0.2) is 72.8 Å². The molecule has 0 saturated carbocycles. The molecule has 3 aromatic carbocycles. The van der Waals surface area contributed by atoms with Gasteiger partial charge in [0.05, 0.1) is 12.2 Å². The third kappa shape index (κ3) is 3.14. The molecule has 5 heteroatoms. The highest BCUT2D eigenvalue weighted by atomic mass is 16.5. The number of nitrogens with zero attached hydrogens (tertiary/aromatic N) is 2. The summed E-state index contributed by atoms with van der Waals surface area (Å²) in [6, 6.07) is 23.1. The molecule has 0 aromatic heterocycles. The lowest BCUT2D eigenvalue weighted by Gasteiger charge is -2.30. The standard InChI is InChI=1S/C24H20N2O3/c27-23-16-29-22-11-10-19(14-21(22)26(23)15-17-6-2-1-3-7-17)24(28)25-13-12-18-8-4-5-9-20(18)25/h1-11,14H,12-13,15-16H2. The monoisotopic (exact) mass is 384 g/mol. The Morgan fingerprint density at radius 1 is 0.931 bits per heavy atom. The molecule has 0 spiro atoms. The molecule has 0 fully saturated rings. The topological polar surface area (TPSA) is 49.9 Å². The quantitative estimate of drug-likeness (QED) is 0.690. The summed E-state index contributed by atoms with van der Waals surface area (Å²) in [6.07, 6.45) is 0.856. The van der Waals surface area contributed by atoms with Crippen molar-refractivity contribution in [2.75, 3.05) is 23.0 Å². The van der Waals surface area contributed by atoms with Gasteiger partial charge in [0.15, 0.2) is 6.61 Å². The van der Waals surface area contributed by atoms with E-state index in [1.807, 2.05) is 53.4 Å². The fourth-order valence-electron chi connectivity index (χ4n) is 3.98. The molecule has 0 N–H and O–H groups in total. The first kappa shape index (κ1) is 17.5. The number of amides is 2. The van der Waals surface area contributed by atoms with Crippen molar-refractivity contribution in [3.8, 4) is 5.75 Å². The maximum atomic E-state index is 13.2. The second kappa shape index (κ2) is 7.09. The van der Waals surface area contributed by atoms with E-state index in [1.165, 1.54) is 5.56 Å². The summed E-state index contributed by atoms with van der Waals surface area (Å²) >= 11 is 0. The maximum absolute atomic E-state index is 13.2. The van der Waals surface area contributed by atoms with Crippen LogP contribution in [0.4, 0.5) is 11.4 Å². The minimum Gasteiger partial charge on any atom is -0.482 e. The van der Waals surface area contributed by atoms with Crippen LogP contribution in [0.1, 0.15) is 21.5 Å². The van der Waals surface area contributed by atoms with Gasteiger partial charge in [0.25, 0.3) is 11.8 Å². The third-order valence-electron chi connectivity index (χ3n) is 5.46. The van der Waals surface area contributed by atoms with Crippen LogP contribution in [-0.4, -0.2) is 25.0 Å². The molecule has 0 saturated heterocycles. The molecule has 0 unspecified atom stereocenters. The molecule has 0 bridgehead atoms. The van der Waals surface area contributed by atoms with Crippen molar-refractivity contribution in [2.24, 2.45) is 0 Å². The van der Waals surface area contributed by atoms with Gasteiger partial charge < -0.3 is 14.5 Å². The molecule has 144 valence electrons. The number of anilines is 2. The lowest BCUT2D eigenvalue weighted by molar-refractivity contribution is -0.121. The fraction of sp³-hybridized carbons (Fsp3) is 0.167. The Labute approximate surface area is 169 Å². The highest BCUT2D eigenvalue weighted by Crippen LogP contribution is 2.35. The number of para-hydroxylation sites is 1. The van der Waals surface area contributed by atoms with Crippen molar-refractivity contribution in [3.63, 3.8) is 0 Å². The molecule has 2 heterocycles. The van der Waals surface area contributed by atoms with Gasteiger partial charge in [-0.2, -0.15) is 0 Å². The molecule has 0 aliphatic carbocycles. The average Bonchev–Trinajstić information content (AvgIpc) is 3.20. The number of fused-ring (bicyclic) bond motifs is 2. The summed E-state index contributed by atoms with van der Waals surface area (Å²) in [5, 5.41) is 0. The highest BCUT2D eigenvalue weighted by Gasteiger charge is 2.29. The first-order valence-electron chi connectivity index (χ1n) is 9.71. The molecule has 2 aliphatic rings. The van der Waals surface area contributed by atoms with Crippen LogP contribution >= 0.6 is 0 Å². The van der Waals surface area contributed by atoms with Gasteiger partial charge in [-0.25, -0.2) is 0 Å². The summed E-state index contributed by atoms with van der Waals surface area (Å²) in [4.78, 5) is 29.3. The Morgan fingerprint density at radius 3 is 2.59 bits per heavy atom. The van der Waals surface area contributed by atoms with E-state index < -0.39 is 0 Å². The van der Waals surface area contributed by atoms with Crippen LogP contribution in [0.3, 0.4) is 0 Å². The van der Waals surface area contributed by atoms with Gasteiger partial charge in [-0.05, 0) is 41.8 Å². The van der Waals surface area contributed by atoms with Crippen LogP contribution in [0.2, 0.25) is 0 Å². The number of carbonyl (C=O) groups is 2. The van der Waals surface area contributed by atoms with E-state index in [0.717, 1.165) is 17.7 Å². The number of hydrogen-bond acceptors (Lipinski definition) is 3. The molecule has 5 rings (SSSR count). The number of benzene rings is 3. The lowest BCUT2D eigenvalue weighted by Crippen LogP contribution is -2.38. The smallest absolute Gasteiger partial charge is 0.265 e. The Hall–Kier alpha value is -3.60. The number of ether oxygens (including phenoxy) is 1. The molecule has 5 nitrogen and oxygen atoms in total. The summed E-state index contributed by atoms with van der Waals surface area (Å²) in [6.45, 7) is 1.12. The van der Waals surface area contributed by atoms with E-state index in [-0.39, 0.29) is 18.4 Å². The molecule has 0 radical (unpaired) electrons. The van der Waals surface area contributed by atoms with Crippen molar-refractivity contribution < 1.29 is 14.3 Å². The minimum atomic E-state index is -0.113. The van der Waals surface area contributed by atoms with Crippen molar-refractivity contribution in [1.29, 1.82) is 0 Å².